The Hall–Kier alpha value is -2.05. The van der Waals surface area contributed by atoms with Crippen LogP contribution in [-0.2, 0) is 21.7 Å². The van der Waals surface area contributed by atoms with Crippen molar-refractivity contribution in [1.82, 2.24) is 15.0 Å². The van der Waals surface area contributed by atoms with E-state index in [1.165, 1.54) is 12.5 Å². The molecule has 4 aliphatic carbocycles. The van der Waals surface area contributed by atoms with E-state index in [4.69, 9.17) is 4.74 Å². The summed E-state index contributed by atoms with van der Waals surface area (Å²) in [5, 5.41) is 12.3. The molecule has 0 amide bonds. The molecule has 3 saturated carbocycles. The minimum Gasteiger partial charge on any atom is -0.452 e. The van der Waals surface area contributed by atoms with E-state index in [1.54, 1.807) is 0 Å². The number of nitrogens with zero attached hydrogens (tertiary/aromatic N) is 4. The van der Waals surface area contributed by atoms with Crippen LogP contribution in [0.3, 0.4) is 0 Å². The van der Waals surface area contributed by atoms with Crippen molar-refractivity contribution in [3.63, 3.8) is 0 Å². The van der Waals surface area contributed by atoms with Crippen molar-refractivity contribution in [3.05, 3.63) is 28.4 Å². The van der Waals surface area contributed by atoms with Gasteiger partial charge in [-0.1, -0.05) is 42.3 Å². The number of esters is 1. The molecule has 33 heavy (non-hydrogen) atoms. The van der Waals surface area contributed by atoms with E-state index in [2.05, 4.69) is 35.4 Å². The number of aromatic nitrogens is 3. The molecule has 0 bridgehead atoms. The van der Waals surface area contributed by atoms with Crippen LogP contribution < -0.4 is 0 Å². The number of unbranched alkanes of at least 4 members (excludes halogenated alkanes) is 1. The summed E-state index contributed by atoms with van der Waals surface area (Å²) in [6, 6.07) is -0.125. The summed E-state index contributed by atoms with van der Waals surface area (Å²) >= 11 is 0. The van der Waals surface area contributed by atoms with Crippen LogP contribution >= 0.6 is 0 Å². The maximum absolute atomic E-state index is 12.4. The molecule has 1 heterocycles. The van der Waals surface area contributed by atoms with Crippen LogP contribution in [0.5, 0.6) is 0 Å². The molecule has 7 nitrogen and oxygen atoms in total. The van der Waals surface area contributed by atoms with Gasteiger partial charge in [0.1, 0.15) is 11.7 Å². The Morgan fingerprint density at radius 1 is 1.21 bits per heavy atom. The minimum atomic E-state index is -0.686. The second-order valence-corrected chi connectivity index (χ2v) is 11.2. The summed E-state index contributed by atoms with van der Waals surface area (Å²) in [4.78, 5) is 23.5. The first-order valence-corrected chi connectivity index (χ1v) is 13.0. The molecule has 0 spiro atoms. The molecule has 0 saturated heterocycles. The number of fused-ring (bicyclic) bond motifs is 5. The lowest BCUT2D eigenvalue weighted by Gasteiger charge is -2.56. The number of hydrogen-bond acceptors (Lipinski definition) is 6. The fraction of sp³-hybridized carbons (Fsp3) is 0.808. The number of aryl methyl sites for hydroxylation is 1. The molecule has 1 aromatic heterocycles. The van der Waals surface area contributed by atoms with Gasteiger partial charge in [0.05, 0.1) is 6.20 Å². The van der Waals surface area contributed by atoms with Crippen molar-refractivity contribution in [2.24, 2.45) is 34.3 Å². The minimum absolute atomic E-state index is 0.125. The Kier molecular flexibility index (Phi) is 5.94. The van der Waals surface area contributed by atoms with Crippen molar-refractivity contribution in [2.75, 3.05) is 0 Å². The standard InChI is InChI=1S/C26H38N4O3/c1-4-5-14-30-16-24(27-29-30)26(33-17(2)31)13-11-23-22-8-6-18-15-19(28-32)7-9-20(18)21(22)10-12-25(23,26)3/h15-16,19-23H,4-14H2,1-3H3/t19?,20-,21?,22?,23?,25-,26+/m0/s1. The molecule has 7 atom stereocenters. The molecular weight excluding hydrogens is 416 g/mol. The molecule has 0 aromatic carbocycles. The predicted molar refractivity (Wildman–Crippen MR) is 125 cm³/mol. The van der Waals surface area contributed by atoms with Gasteiger partial charge in [-0.15, -0.1) is 5.10 Å². The normalized spacial score (nSPS) is 39.7. The number of hydrogen-bond donors (Lipinski definition) is 0. The topological polar surface area (TPSA) is 86.4 Å². The molecule has 1 aromatic rings. The van der Waals surface area contributed by atoms with Gasteiger partial charge in [-0.05, 0) is 81.5 Å². The summed E-state index contributed by atoms with van der Waals surface area (Å²) in [6.45, 7) is 6.90. The zero-order chi connectivity index (χ0) is 23.2. The van der Waals surface area contributed by atoms with E-state index in [0.717, 1.165) is 76.4 Å². The van der Waals surface area contributed by atoms with Crippen LogP contribution in [0.15, 0.2) is 23.0 Å². The van der Waals surface area contributed by atoms with Gasteiger partial charge in [0, 0.05) is 18.9 Å². The Bertz CT molecular complexity index is 942. The predicted octanol–water partition coefficient (Wildman–Crippen LogP) is 5.54. The van der Waals surface area contributed by atoms with Crippen molar-refractivity contribution in [2.45, 2.75) is 103 Å². The molecule has 4 aliphatic rings. The van der Waals surface area contributed by atoms with E-state index in [0.29, 0.717) is 23.7 Å². The summed E-state index contributed by atoms with van der Waals surface area (Å²) in [7, 11) is 0. The summed E-state index contributed by atoms with van der Waals surface area (Å²) in [5.41, 5.74) is 1.51. The van der Waals surface area contributed by atoms with Crippen molar-refractivity contribution >= 4 is 5.97 Å². The quantitative estimate of drug-likeness (QED) is 0.320. The number of carbonyl (C=O) groups excluding carboxylic acids is 1. The van der Waals surface area contributed by atoms with E-state index >= 15 is 0 Å². The molecule has 7 heteroatoms. The molecule has 4 unspecified atom stereocenters. The first-order valence-electron chi connectivity index (χ1n) is 13.0. The highest BCUT2D eigenvalue weighted by molar-refractivity contribution is 5.67. The highest BCUT2D eigenvalue weighted by atomic mass is 16.6. The zero-order valence-electron chi connectivity index (χ0n) is 20.3. The highest BCUT2D eigenvalue weighted by Crippen LogP contribution is 2.68. The number of rotatable bonds is 6. The Morgan fingerprint density at radius 3 is 2.82 bits per heavy atom. The number of nitroso groups, excluding NO2 is 1. The average molecular weight is 455 g/mol. The molecule has 3 fully saturated rings. The van der Waals surface area contributed by atoms with E-state index in [9.17, 15) is 9.70 Å². The van der Waals surface area contributed by atoms with Gasteiger partial charge in [-0.25, -0.2) is 0 Å². The lowest BCUT2D eigenvalue weighted by molar-refractivity contribution is -0.185. The maximum atomic E-state index is 12.4. The van der Waals surface area contributed by atoms with Crippen molar-refractivity contribution in [3.8, 4) is 0 Å². The molecule has 0 N–H and O–H groups in total. The smallest absolute Gasteiger partial charge is 0.303 e. The molecule has 0 radical (unpaired) electrons. The maximum Gasteiger partial charge on any atom is 0.303 e. The van der Waals surface area contributed by atoms with E-state index in [-0.39, 0.29) is 17.4 Å². The lowest BCUT2D eigenvalue weighted by atomic mass is 9.50. The van der Waals surface area contributed by atoms with Crippen LogP contribution in [0.4, 0.5) is 0 Å². The monoisotopic (exact) mass is 454 g/mol. The Balaban J connectivity index is 1.46. The summed E-state index contributed by atoms with van der Waals surface area (Å²) in [6.07, 6.45) is 14.7. The van der Waals surface area contributed by atoms with Crippen LogP contribution in [0.1, 0.15) is 90.7 Å². The summed E-state index contributed by atoms with van der Waals surface area (Å²) < 4.78 is 8.20. The van der Waals surface area contributed by atoms with Crippen LogP contribution in [0.2, 0.25) is 0 Å². The first-order chi connectivity index (χ1) is 15.9. The zero-order valence-corrected chi connectivity index (χ0v) is 20.3. The third-order valence-corrected chi connectivity index (χ3v) is 9.70. The van der Waals surface area contributed by atoms with Crippen LogP contribution in [-0.4, -0.2) is 27.0 Å². The van der Waals surface area contributed by atoms with Crippen molar-refractivity contribution < 1.29 is 9.53 Å². The van der Waals surface area contributed by atoms with Gasteiger partial charge in [-0.2, -0.15) is 4.91 Å². The van der Waals surface area contributed by atoms with Gasteiger partial charge >= 0.3 is 5.97 Å². The number of ether oxygens (including phenoxy) is 1. The Morgan fingerprint density at radius 2 is 2.06 bits per heavy atom. The highest BCUT2D eigenvalue weighted by Gasteiger charge is 2.66. The second-order valence-electron chi connectivity index (χ2n) is 11.2. The van der Waals surface area contributed by atoms with Crippen molar-refractivity contribution in [1.29, 1.82) is 0 Å². The van der Waals surface area contributed by atoms with E-state index < -0.39 is 5.60 Å². The lowest BCUT2D eigenvalue weighted by Crippen LogP contribution is -2.53. The fourth-order valence-corrected chi connectivity index (χ4v) is 8.19. The number of carbonyl (C=O) groups is 1. The second kappa shape index (κ2) is 8.62. The largest absolute Gasteiger partial charge is 0.452 e. The fourth-order valence-electron chi connectivity index (χ4n) is 8.19. The number of allylic oxidation sites excluding steroid dienone is 1. The summed E-state index contributed by atoms with van der Waals surface area (Å²) in [5.74, 6) is 2.20. The Labute approximate surface area is 196 Å². The molecular formula is C26H38N4O3. The van der Waals surface area contributed by atoms with Gasteiger partial charge in [0.15, 0.2) is 5.60 Å². The van der Waals surface area contributed by atoms with Crippen LogP contribution in [0, 0.1) is 34.0 Å². The van der Waals surface area contributed by atoms with Gasteiger partial charge < -0.3 is 4.74 Å². The van der Waals surface area contributed by atoms with Crippen LogP contribution in [0.25, 0.3) is 0 Å². The first kappa shape index (κ1) is 22.7. The van der Waals surface area contributed by atoms with Gasteiger partial charge in [-0.3, -0.25) is 9.48 Å². The molecule has 0 aliphatic heterocycles. The van der Waals surface area contributed by atoms with Gasteiger partial charge in [0.25, 0.3) is 0 Å². The molecule has 180 valence electrons. The van der Waals surface area contributed by atoms with Gasteiger partial charge in [0.2, 0.25) is 0 Å². The van der Waals surface area contributed by atoms with E-state index in [1.807, 2.05) is 10.9 Å². The molecule has 5 rings (SSSR count). The SMILES string of the molecule is CCCCn1cc([C@]2(OC(C)=O)CCC3C4CCC5=CC(N=O)CC[C@@H]5C4CC[C@@]32C)nn1. The third kappa shape index (κ3) is 3.57. The third-order valence-electron chi connectivity index (χ3n) is 9.70. The average Bonchev–Trinajstić information content (AvgIpc) is 3.40.